The predicted octanol–water partition coefficient (Wildman–Crippen LogP) is 5.52. The highest BCUT2D eigenvalue weighted by atomic mass is 32.2. The fraction of sp³-hybridized carbons (Fsp3) is 0.452. The number of hydrogen-bond acceptors (Lipinski definition) is 6. The molecule has 0 bridgehead atoms. The molecule has 1 aliphatic carbocycles. The molecule has 1 atom stereocenters. The quantitative estimate of drug-likeness (QED) is 0.361. The van der Waals surface area contributed by atoms with E-state index in [2.05, 4.69) is 26.1 Å². The van der Waals surface area contributed by atoms with E-state index in [1.54, 1.807) is 26.8 Å². The number of anilines is 1. The molecule has 2 aromatic carbocycles. The van der Waals surface area contributed by atoms with Crippen molar-refractivity contribution in [2.45, 2.75) is 65.7 Å². The fourth-order valence-corrected chi connectivity index (χ4v) is 6.84. The van der Waals surface area contributed by atoms with E-state index in [9.17, 15) is 18.0 Å². The monoisotopic (exact) mass is 565 g/mol. The van der Waals surface area contributed by atoms with E-state index < -0.39 is 28.5 Å². The molecule has 3 aromatic rings. The minimum Gasteiger partial charge on any atom is -0.452 e. The Kier molecular flexibility index (Phi) is 8.66. The number of ether oxygens (including phenoxy) is 1. The van der Waals surface area contributed by atoms with Gasteiger partial charge in [0.15, 0.2) is 6.61 Å². The number of esters is 1. The third kappa shape index (κ3) is 6.05. The molecule has 8 nitrogen and oxygen atoms in total. The van der Waals surface area contributed by atoms with Gasteiger partial charge in [-0.1, -0.05) is 58.9 Å². The van der Waals surface area contributed by atoms with Crippen molar-refractivity contribution in [3.8, 4) is 0 Å². The van der Waals surface area contributed by atoms with E-state index in [0.29, 0.717) is 41.2 Å². The summed E-state index contributed by atoms with van der Waals surface area (Å²) in [4.78, 5) is 31.3. The van der Waals surface area contributed by atoms with Crippen molar-refractivity contribution in [2.24, 2.45) is 11.3 Å². The number of fused-ring (bicyclic) bond motifs is 2. The first kappa shape index (κ1) is 29.7. The minimum atomic E-state index is -3.69. The van der Waals surface area contributed by atoms with Crippen LogP contribution in [0.3, 0.4) is 0 Å². The molecular weight excluding hydrogens is 526 g/mol. The molecular formula is C31H39N3O5S. The summed E-state index contributed by atoms with van der Waals surface area (Å²) in [6.45, 7) is 12.1. The Bertz CT molecular complexity index is 1540. The summed E-state index contributed by atoms with van der Waals surface area (Å²) < 4.78 is 32.8. The number of sulfonamides is 1. The molecule has 9 heteroatoms. The standard InChI is InChI=1S/C31H39N3O5S/c1-7-34(8-2)40(37,38)22-15-13-20(3)27(18-22)33-28(35)19-39-30(36)29-23-11-9-10-12-25(23)32-26-16-14-21(17-24(26)29)31(4,5)6/h9-13,15,18,21H,7-8,14,16-17,19H2,1-6H3,(H,33,35)/t21-/m0/s1. The van der Waals surface area contributed by atoms with Crippen molar-refractivity contribution >= 4 is 38.5 Å². The summed E-state index contributed by atoms with van der Waals surface area (Å²) in [7, 11) is -3.69. The van der Waals surface area contributed by atoms with Gasteiger partial charge in [0.2, 0.25) is 10.0 Å². The lowest BCUT2D eigenvalue weighted by atomic mass is 9.70. The van der Waals surface area contributed by atoms with E-state index >= 15 is 0 Å². The number of aryl methyl sites for hydroxylation is 2. The number of hydrogen-bond donors (Lipinski definition) is 1. The van der Waals surface area contributed by atoms with Gasteiger partial charge >= 0.3 is 5.97 Å². The highest BCUT2D eigenvalue weighted by Crippen LogP contribution is 2.39. The number of para-hydroxylation sites is 1. The molecule has 1 aliphatic rings. The van der Waals surface area contributed by atoms with Gasteiger partial charge in [0, 0.05) is 29.9 Å². The summed E-state index contributed by atoms with van der Waals surface area (Å²) in [6, 6.07) is 12.1. The smallest absolute Gasteiger partial charge is 0.339 e. The maximum atomic E-state index is 13.5. The number of carbonyl (C=O) groups excluding carboxylic acids is 2. The lowest BCUT2D eigenvalue weighted by Crippen LogP contribution is -2.30. The van der Waals surface area contributed by atoms with E-state index in [-0.39, 0.29) is 10.3 Å². The number of aromatic nitrogens is 1. The average molecular weight is 566 g/mol. The first-order chi connectivity index (χ1) is 18.9. The Morgan fingerprint density at radius 2 is 1.80 bits per heavy atom. The Labute approximate surface area is 237 Å². The molecule has 1 N–H and O–H groups in total. The Hall–Kier alpha value is -3.30. The SMILES string of the molecule is CCN(CC)S(=O)(=O)c1ccc(C)c(NC(=O)COC(=O)c2c3c(nc4ccccc24)CC[C@H](C(C)(C)C)C3)c1. The van der Waals surface area contributed by atoms with Gasteiger partial charge in [0.1, 0.15) is 0 Å². The van der Waals surface area contributed by atoms with Gasteiger partial charge in [0.25, 0.3) is 5.91 Å². The number of amides is 1. The maximum absolute atomic E-state index is 13.5. The van der Waals surface area contributed by atoms with Crippen LogP contribution < -0.4 is 5.32 Å². The lowest BCUT2D eigenvalue weighted by Gasteiger charge is -2.35. The Morgan fingerprint density at radius 1 is 1.10 bits per heavy atom. The molecule has 0 spiro atoms. The first-order valence-electron chi connectivity index (χ1n) is 13.8. The van der Waals surface area contributed by atoms with Gasteiger partial charge in [-0.25, -0.2) is 13.2 Å². The first-order valence-corrected chi connectivity index (χ1v) is 15.3. The van der Waals surface area contributed by atoms with E-state index in [1.165, 1.54) is 16.4 Å². The van der Waals surface area contributed by atoms with Crippen molar-refractivity contribution in [1.82, 2.24) is 9.29 Å². The molecule has 1 amide bonds. The van der Waals surface area contributed by atoms with Crippen LogP contribution in [0.25, 0.3) is 10.9 Å². The number of nitrogens with zero attached hydrogens (tertiary/aromatic N) is 2. The van der Waals surface area contributed by atoms with Crippen LogP contribution in [-0.4, -0.2) is 49.3 Å². The average Bonchev–Trinajstić information content (AvgIpc) is 2.91. The third-order valence-electron chi connectivity index (χ3n) is 7.85. The second-order valence-electron chi connectivity index (χ2n) is 11.4. The second-order valence-corrected chi connectivity index (χ2v) is 13.4. The molecule has 1 heterocycles. The molecule has 214 valence electrons. The van der Waals surface area contributed by atoms with E-state index in [0.717, 1.165) is 36.0 Å². The fourth-order valence-electron chi connectivity index (χ4n) is 5.36. The Morgan fingerprint density at radius 3 is 2.48 bits per heavy atom. The zero-order valence-electron chi connectivity index (χ0n) is 24.2. The number of pyridine rings is 1. The normalized spacial score (nSPS) is 15.6. The Balaban J connectivity index is 1.56. The highest BCUT2D eigenvalue weighted by Gasteiger charge is 2.33. The number of benzene rings is 2. The van der Waals surface area contributed by atoms with Crippen LogP contribution in [0.2, 0.25) is 0 Å². The van der Waals surface area contributed by atoms with Crippen molar-refractivity contribution in [3.05, 3.63) is 64.8 Å². The van der Waals surface area contributed by atoms with Crippen LogP contribution in [0.1, 0.15) is 68.2 Å². The van der Waals surface area contributed by atoms with E-state index in [1.807, 2.05) is 24.3 Å². The van der Waals surface area contributed by atoms with Gasteiger partial charge in [-0.3, -0.25) is 9.78 Å². The van der Waals surface area contributed by atoms with Crippen molar-refractivity contribution in [1.29, 1.82) is 0 Å². The van der Waals surface area contributed by atoms with Crippen molar-refractivity contribution in [2.75, 3.05) is 25.0 Å². The minimum absolute atomic E-state index is 0.0789. The van der Waals surface area contributed by atoms with Crippen LogP contribution in [-0.2, 0) is 32.4 Å². The van der Waals surface area contributed by atoms with Gasteiger partial charge in [-0.05, 0) is 66.8 Å². The third-order valence-corrected chi connectivity index (χ3v) is 9.89. The summed E-state index contributed by atoms with van der Waals surface area (Å²) in [5, 5.41) is 3.43. The maximum Gasteiger partial charge on any atom is 0.339 e. The van der Waals surface area contributed by atoms with Crippen LogP contribution in [0, 0.1) is 18.3 Å². The van der Waals surface area contributed by atoms with Gasteiger partial charge < -0.3 is 10.1 Å². The molecule has 0 fully saturated rings. The molecule has 0 radical (unpaired) electrons. The molecule has 40 heavy (non-hydrogen) atoms. The molecule has 0 unspecified atom stereocenters. The largest absolute Gasteiger partial charge is 0.452 e. The molecule has 0 saturated heterocycles. The number of rotatable bonds is 8. The van der Waals surface area contributed by atoms with Crippen molar-refractivity contribution < 1.29 is 22.7 Å². The molecule has 4 rings (SSSR count). The molecule has 1 aromatic heterocycles. The number of carbonyl (C=O) groups is 2. The summed E-state index contributed by atoms with van der Waals surface area (Å²) in [5.74, 6) is -0.719. The molecule has 0 saturated carbocycles. The number of nitrogens with one attached hydrogen (secondary N) is 1. The summed E-state index contributed by atoms with van der Waals surface area (Å²) >= 11 is 0. The van der Waals surface area contributed by atoms with Crippen LogP contribution in [0.5, 0.6) is 0 Å². The van der Waals surface area contributed by atoms with Gasteiger partial charge in [-0.2, -0.15) is 4.31 Å². The summed E-state index contributed by atoms with van der Waals surface area (Å²) in [5.41, 5.74) is 4.15. The zero-order valence-corrected chi connectivity index (χ0v) is 25.0. The summed E-state index contributed by atoms with van der Waals surface area (Å²) in [6.07, 6.45) is 2.51. The topological polar surface area (TPSA) is 106 Å². The predicted molar refractivity (Wildman–Crippen MR) is 157 cm³/mol. The second kappa shape index (κ2) is 11.7. The zero-order chi connectivity index (χ0) is 29.2. The van der Waals surface area contributed by atoms with Gasteiger partial charge in [0.05, 0.1) is 16.0 Å². The van der Waals surface area contributed by atoms with Crippen LogP contribution >= 0.6 is 0 Å². The van der Waals surface area contributed by atoms with E-state index in [4.69, 9.17) is 9.72 Å². The highest BCUT2D eigenvalue weighted by molar-refractivity contribution is 7.89. The van der Waals surface area contributed by atoms with Gasteiger partial charge in [-0.15, -0.1) is 0 Å². The lowest BCUT2D eigenvalue weighted by molar-refractivity contribution is -0.119. The molecule has 0 aliphatic heterocycles. The van der Waals surface area contributed by atoms with Crippen LogP contribution in [0.4, 0.5) is 5.69 Å². The van der Waals surface area contributed by atoms with Crippen LogP contribution in [0.15, 0.2) is 47.4 Å². The van der Waals surface area contributed by atoms with Crippen molar-refractivity contribution in [3.63, 3.8) is 0 Å².